The molecule has 0 aliphatic heterocycles. The van der Waals surface area contributed by atoms with E-state index in [4.69, 9.17) is 0 Å². The van der Waals surface area contributed by atoms with E-state index >= 15 is 0 Å². The molecule has 0 bridgehead atoms. The lowest BCUT2D eigenvalue weighted by molar-refractivity contribution is 0.660. The first kappa shape index (κ1) is 33.9. The first-order chi connectivity index (χ1) is 29.0. The zero-order valence-electron chi connectivity index (χ0n) is 33.2. The summed E-state index contributed by atoms with van der Waals surface area (Å²) < 4.78 is 0. The standard InChI is InChI=1S/C58H41N/c1-57(2)50-23-11-6-19-44(50)48-34-32-41(36-54(48)57)59(56-27-15-10-18-43(56)40-30-28-39(29-31-40)38-16-4-3-5-17-38)42-33-35-49-47-22-9-14-26-53(47)58(55(49)37-42)51-24-12-7-20-45(51)46-21-8-13-25-52(46)58/h3-37H,1-2H3. The maximum Gasteiger partial charge on any atom is 0.0726 e. The van der Waals surface area contributed by atoms with Gasteiger partial charge in [-0.25, -0.2) is 0 Å². The predicted molar refractivity (Wildman–Crippen MR) is 246 cm³/mol. The largest absolute Gasteiger partial charge is 0.310 e. The smallest absolute Gasteiger partial charge is 0.0726 e. The third-order valence-corrected chi connectivity index (χ3v) is 13.5. The van der Waals surface area contributed by atoms with E-state index in [0.29, 0.717) is 0 Å². The molecular formula is C58H41N. The Morgan fingerprint density at radius 3 is 1.25 bits per heavy atom. The molecule has 0 unspecified atom stereocenters. The van der Waals surface area contributed by atoms with Gasteiger partial charge in [0.05, 0.1) is 11.1 Å². The Morgan fingerprint density at radius 1 is 0.288 bits per heavy atom. The lowest BCUT2D eigenvalue weighted by Crippen LogP contribution is -2.26. The van der Waals surface area contributed by atoms with E-state index < -0.39 is 5.41 Å². The van der Waals surface area contributed by atoms with E-state index in [0.717, 1.165) is 17.1 Å². The number of rotatable bonds is 5. The molecule has 3 aliphatic carbocycles. The minimum Gasteiger partial charge on any atom is -0.310 e. The molecule has 59 heavy (non-hydrogen) atoms. The van der Waals surface area contributed by atoms with Gasteiger partial charge in [0.25, 0.3) is 0 Å². The summed E-state index contributed by atoms with van der Waals surface area (Å²) in [5.41, 5.74) is 23.7. The number of fused-ring (bicyclic) bond motifs is 13. The SMILES string of the molecule is CC1(C)c2ccccc2-c2ccc(N(c3ccc4c(c3)C3(c5ccccc5-c5ccccc53)c3ccccc3-4)c3ccccc3-c3ccc(-c4ccccc4)cc3)cc21. The number of hydrogen-bond donors (Lipinski definition) is 0. The van der Waals surface area contributed by atoms with E-state index in [-0.39, 0.29) is 5.41 Å². The fourth-order valence-corrected chi connectivity index (χ4v) is 10.9. The summed E-state index contributed by atoms with van der Waals surface area (Å²) in [5, 5.41) is 0. The van der Waals surface area contributed by atoms with Crippen LogP contribution in [0.25, 0.3) is 55.6 Å². The van der Waals surface area contributed by atoms with Crippen molar-refractivity contribution >= 4 is 17.1 Å². The van der Waals surface area contributed by atoms with Crippen LogP contribution in [0.2, 0.25) is 0 Å². The molecule has 3 aliphatic rings. The van der Waals surface area contributed by atoms with Gasteiger partial charge in [-0.2, -0.15) is 0 Å². The molecule has 0 aromatic heterocycles. The highest BCUT2D eigenvalue weighted by Crippen LogP contribution is 2.63. The minimum atomic E-state index is -0.435. The van der Waals surface area contributed by atoms with E-state index in [1.165, 1.54) is 89.0 Å². The van der Waals surface area contributed by atoms with Gasteiger partial charge in [0.2, 0.25) is 0 Å². The monoisotopic (exact) mass is 751 g/mol. The van der Waals surface area contributed by atoms with E-state index in [1.807, 2.05) is 0 Å². The van der Waals surface area contributed by atoms with Gasteiger partial charge in [-0.05, 0) is 114 Å². The molecule has 0 saturated heterocycles. The van der Waals surface area contributed by atoms with Gasteiger partial charge in [0, 0.05) is 22.4 Å². The summed E-state index contributed by atoms with van der Waals surface area (Å²) in [7, 11) is 0. The van der Waals surface area contributed by atoms with Crippen LogP contribution < -0.4 is 4.90 Å². The van der Waals surface area contributed by atoms with Crippen LogP contribution in [0.15, 0.2) is 212 Å². The Morgan fingerprint density at radius 2 is 0.678 bits per heavy atom. The maximum absolute atomic E-state index is 2.52. The fourth-order valence-electron chi connectivity index (χ4n) is 10.9. The van der Waals surface area contributed by atoms with Crippen molar-refractivity contribution in [3.63, 3.8) is 0 Å². The predicted octanol–water partition coefficient (Wildman–Crippen LogP) is 15.1. The Balaban J connectivity index is 1.10. The summed E-state index contributed by atoms with van der Waals surface area (Å²) in [6.07, 6.45) is 0. The summed E-state index contributed by atoms with van der Waals surface area (Å²) >= 11 is 0. The topological polar surface area (TPSA) is 3.24 Å². The number of nitrogens with zero attached hydrogens (tertiary/aromatic N) is 1. The molecule has 1 spiro atoms. The van der Waals surface area contributed by atoms with Crippen molar-refractivity contribution in [1.29, 1.82) is 0 Å². The van der Waals surface area contributed by atoms with Crippen molar-refractivity contribution in [2.45, 2.75) is 24.7 Å². The lowest BCUT2D eigenvalue weighted by Gasteiger charge is -2.33. The highest BCUT2D eigenvalue weighted by Gasteiger charge is 2.51. The quantitative estimate of drug-likeness (QED) is 0.169. The van der Waals surface area contributed by atoms with Crippen LogP contribution in [0.1, 0.15) is 47.2 Å². The van der Waals surface area contributed by atoms with Gasteiger partial charge < -0.3 is 4.90 Å². The average molecular weight is 752 g/mol. The second kappa shape index (κ2) is 12.6. The van der Waals surface area contributed by atoms with Crippen LogP contribution in [0.4, 0.5) is 17.1 Å². The molecule has 1 nitrogen and oxygen atoms in total. The van der Waals surface area contributed by atoms with Gasteiger partial charge in [-0.3, -0.25) is 0 Å². The van der Waals surface area contributed by atoms with Crippen LogP contribution in [0, 0.1) is 0 Å². The second-order valence-electron chi connectivity index (χ2n) is 16.8. The van der Waals surface area contributed by atoms with Crippen molar-refractivity contribution in [3.05, 3.63) is 246 Å². The normalized spacial score (nSPS) is 14.2. The maximum atomic E-state index is 2.52. The summed E-state index contributed by atoms with van der Waals surface area (Å²) in [6.45, 7) is 4.75. The molecular weight excluding hydrogens is 711 g/mol. The van der Waals surface area contributed by atoms with Crippen LogP contribution in [0.3, 0.4) is 0 Å². The Kier molecular flexibility index (Phi) is 7.26. The van der Waals surface area contributed by atoms with Gasteiger partial charge in [-0.15, -0.1) is 0 Å². The number of anilines is 3. The molecule has 0 N–H and O–H groups in total. The molecule has 1 heteroatoms. The third-order valence-electron chi connectivity index (χ3n) is 13.5. The van der Waals surface area contributed by atoms with Crippen molar-refractivity contribution in [2.24, 2.45) is 0 Å². The van der Waals surface area contributed by atoms with Crippen LogP contribution in [-0.2, 0) is 10.8 Å². The van der Waals surface area contributed by atoms with Crippen molar-refractivity contribution in [2.75, 3.05) is 4.90 Å². The van der Waals surface area contributed by atoms with E-state index in [1.54, 1.807) is 0 Å². The number of hydrogen-bond acceptors (Lipinski definition) is 1. The second-order valence-corrected chi connectivity index (χ2v) is 16.8. The Hall–Kier alpha value is -7.22. The molecule has 278 valence electrons. The third kappa shape index (κ3) is 4.73. The minimum absolute atomic E-state index is 0.138. The molecule has 0 atom stereocenters. The first-order valence-electron chi connectivity index (χ1n) is 20.8. The highest BCUT2D eigenvalue weighted by atomic mass is 15.1. The molecule has 0 saturated carbocycles. The van der Waals surface area contributed by atoms with E-state index in [9.17, 15) is 0 Å². The Bertz CT molecular complexity index is 3070. The van der Waals surface area contributed by atoms with Crippen molar-refractivity contribution in [3.8, 4) is 55.6 Å². The summed E-state index contributed by atoms with van der Waals surface area (Å²) in [4.78, 5) is 2.52. The van der Waals surface area contributed by atoms with Gasteiger partial charge in [0.1, 0.15) is 0 Å². The van der Waals surface area contributed by atoms with Gasteiger partial charge in [-0.1, -0.05) is 196 Å². The molecule has 0 fully saturated rings. The number of para-hydroxylation sites is 1. The molecule has 0 radical (unpaired) electrons. The molecule has 12 rings (SSSR count). The molecule has 0 heterocycles. The van der Waals surface area contributed by atoms with Crippen LogP contribution in [0.5, 0.6) is 0 Å². The Labute approximate surface area is 346 Å². The molecule has 0 amide bonds. The van der Waals surface area contributed by atoms with Crippen LogP contribution in [-0.4, -0.2) is 0 Å². The zero-order valence-corrected chi connectivity index (χ0v) is 33.2. The van der Waals surface area contributed by atoms with Crippen molar-refractivity contribution in [1.82, 2.24) is 0 Å². The van der Waals surface area contributed by atoms with Crippen molar-refractivity contribution < 1.29 is 0 Å². The zero-order chi connectivity index (χ0) is 39.3. The fraction of sp³-hybridized carbons (Fsp3) is 0.0690. The summed E-state index contributed by atoms with van der Waals surface area (Å²) in [6, 6.07) is 79.2. The van der Waals surface area contributed by atoms with E-state index in [2.05, 4.69) is 231 Å². The first-order valence-corrected chi connectivity index (χ1v) is 20.8. The molecule has 9 aromatic rings. The lowest BCUT2D eigenvalue weighted by atomic mass is 9.70. The summed E-state index contributed by atoms with van der Waals surface area (Å²) in [5.74, 6) is 0. The highest BCUT2D eigenvalue weighted by molar-refractivity contribution is 5.97. The molecule has 9 aromatic carbocycles. The number of benzene rings is 9. The van der Waals surface area contributed by atoms with Crippen LogP contribution >= 0.6 is 0 Å². The van der Waals surface area contributed by atoms with Gasteiger partial charge in [0.15, 0.2) is 0 Å². The van der Waals surface area contributed by atoms with Gasteiger partial charge >= 0.3 is 0 Å². The average Bonchev–Trinajstić information content (AvgIpc) is 3.85.